The first-order valence-electron chi connectivity index (χ1n) is 17.4. The fourth-order valence-corrected chi connectivity index (χ4v) is 6.97. The van der Waals surface area contributed by atoms with Crippen molar-refractivity contribution in [2.45, 2.75) is 32.7 Å². The minimum Gasteiger partial charge on any atom is -0.439 e. The van der Waals surface area contributed by atoms with Gasteiger partial charge in [-0.1, -0.05) is 43.3 Å². The Balaban J connectivity index is 1.35. The van der Waals surface area contributed by atoms with Gasteiger partial charge in [0.15, 0.2) is 12.3 Å². The highest BCUT2D eigenvalue weighted by molar-refractivity contribution is 7.86. The first-order valence-corrected chi connectivity index (χ1v) is 20.6. The number of para-hydroxylation sites is 2. The number of amides is 2. The van der Waals surface area contributed by atoms with E-state index < -0.39 is 31.7 Å². The number of nitrogens with one attached hydrogen (secondary N) is 2. The lowest BCUT2D eigenvalue weighted by Crippen LogP contribution is -2.36. The maximum atomic E-state index is 13.2. The van der Waals surface area contributed by atoms with Gasteiger partial charge in [-0.25, -0.2) is 0 Å². The van der Waals surface area contributed by atoms with Crippen LogP contribution in [0.3, 0.4) is 0 Å². The summed E-state index contributed by atoms with van der Waals surface area (Å²) in [5, 5.41) is 5.70. The molecule has 2 amide bonds. The van der Waals surface area contributed by atoms with Gasteiger partial charge in [-0.2, -0.15) is 21.4 Å². The Morgan fingerprint density at radius 3 is 1.96 bits per heavy atom. The van der Waals surface area contributed by atoms with E-state index in [2.05, 4.69) is 10.6 Å². The molecule has 0 atom stereocenters. The molecule has 55 heavy (non-hydrogen) atoms. The molecule has 6 rings (SSSR count). The van der Waals surface area contributed by atoms with Crippen molar-refractivity contribution in [3.8, 4) is 5.75 Å². The number of oxazole rings is 1. The maximum absolute atomic E-state index is 13.2. The highest BCUT2D eigenvalue weighted by Gasteiger charge is 2.29. The number of aryl methyl sites for hydroxylation is 1. The predicted octanol–water partition coefficient (Wildman–Crippen LogP) is 6.31. The number of hydrogen-bond acceptors (Lipinski definition) is 9. The molecule has 1 aromatic heterocycles. The van der Waals surface area contributed by atoms with Gasteiger partial charge in [0.25, 0.3) is 37.6 Å². The number of anilines is 3. The molecular formula is C39H39N4O10S2+. The van der Waals surface area contributed by atoms with Crippen LogP contribution in [0.15, 0.2) is 119 Å². The van der Waals surface area contributed by atoms with Crippen LogP contribution < -0.4 is 24.8 Å². The zero-order chi connectivity index (χ0) is 39.2. The van der Waals surface area contributed by atoms with Crippen LogP contribution in [-0.2, 0) is 26.8 Å². The second kappa shape index (κ2) is 16.7. The summed E-state index contributed by atoms with van der Waals surface area (Å²) < 4.78 is 79.4. The Kier molecular flexibility index (Phi) is 11.8. The molecule has 286 valence electrons. The summed E-state index contributed by atoms with van der Waals surface area (Å²) in [4.78, 5) is 28.0. The molecule has 4 aromatic carbocycles. The fraction of sp³-hybridized carbons (Fsp3) is 0.205. The number of ether oxygens (including phenoxy) is 1. The number of aromatic nitrogens is 1. The van der Waals surface area contributed by atoms with Crippen LogP contribution >= 0.6 is 0 Å². The number of allylic oxidation sites excluding steroid dienone is 2. The Labute approximate surface area is 318 Å². The largest absolute Gasteiger partial charge is 0.439 e. The van der Waals surface area contributed by atoms with Gasteiger partial charge in [0.2, 0.25) is 11.5 Å². The molecule has 2 heterocycles. The quantitative estimate of drug-likeness (QED) is 0.0685. The number of carbonyl (C=O) groups excluding carboxylic acids is 2. The predicted molar refractivity (Wildman–Crippen MR) is 208 cm³/mol. The van der Waals surface area contributed by atoms with E-state index in [-0.39, 0.29) is 37.7 Å². The average Bonchev–Trinajstić information content (AvgIpc) is 3.66. The molecule has 0 saturated carbocycles. The van der Waals surface area contributed by atoms with E-state index >= 15 is 0 Å². The van der Waals surface area contributed by atoms with Crippen molar-refractivity contribution < 1.29 is 49.3 Å². The van der Waals surface area contributed by atoms with Gasteiger partial charge in [-0.05, 0) is 73.0 Å². The van der Waals surface area contributed by atoms with Gasteiger partial charge in [0.05, 0.1) is 23.3 Å². The normalized spacial score (nSPS) is 13.8. The number of benzene rings is 4. The lowest BCUT2D eigenvalue weighted by Gasteiger charge is -2.19. The zero-order valence-electron chi connectivity index (χ0n) is 29.7. The molecule has 0 radical (unpaired) electrons. The standard InChI is InChI=1S/C39H38N4O10S2/c1-2-27(23-36-42(19-9-21-54(46,47)48)32-25-28(15-17-34(32)52-36)38(44)40-30-11-5-3-6-12-30)24-37-43(20-10-22-55(49,50)51)33-26-29(16-18-35(33)53-37)39(45)41-31-13-7-4-8-14-31/h3-8,11-18,23-26H,2,9-10,19-22H2,1H3,(H3-,40,41,44,45,46,47,48,49,50,51)/p+1. The van der Waals surface area contributed by atoms with Crippen molar-refractivity contribution in [2.24, 2.45) is 0 Å². The summed E-state index contributed by atoms with van der Waals surface area (Å²) in [7, 11) is -8.50. The summed E-state index contributed by atoms with van der Waals surface area (Å²) in [6.45, 7) is 2.14. The SMILES string of the molecule is CCC(/C=C1\Oc2ccc(C(=O)Nc3ccccc3)cc2N1CCCS(=O)(=O)O)=C\c1oc2ccc(C(=O)Nc3ccccc3)cc2[n+]1CCCS(=O)(=O)O. The summed E-state index contributed by atoms with van der Waals surface area (Å²) in [5.74, 6) is -0.628. The molecule has 1 aliphatic heterocycles. The zero-order valence-corrected chi connectivity index (χ0v) is 31.3. The highest BCUT2D eigenvalue weighted by Crippen LogP contribution is 2.40. The van der Waals surface area contributed by atoms with Gasteiger partial charge < -0.3 is 24.7 Å². The molecule has 1 aliphatic rings. The lowest BCUT2D eigenvalue weighted by atomic mass is 10.1. The van der Waals surface area contributed by atoms with Gasteiger partial charge in [0.1, 0.15) is 0 Å². The fourth-order valence-electron chi connectivity index (χ4n) is 5.98. The van der Waals surface area contributed by atoms with E-state index in [9.17, 15) is 35.5 Å². The highest BCUT2D eigenvalue weighted by atomic mass is 32.2. The van der Waals surface area contributed by atoms with Crippen molar-refractivity contribution in [3.05, 3.63) is 132 Å². The maximum Gasteiger partial charge on any atom is 0.374 e. The third-order valence-electron chi connectivity index (χ3n) is 8.64. The molecule has 0 spiro atoms. The molecule has 14 nitrogen and oxygen atoms in total. The second-order valence-corrected chi connectivity index (χ2v) is 15.8. The molecular weight excluding hydrogens is 749 g/mol. The Hall–Kier alpha value is -5.81. The lowest BCUT2D eigenvalue weighted by molar-refractivity contribution is -0.677. The number of nitrogens with zero attached hydrogens (tertiary/aromatic N) is 2. The van der Waals surface area contributed by atoms with E-state index in [1.165, 1.54) is 0 Å². The summed E-state index contributed by atoms with van der Waals surface area (Å²) in [6, 6.07) is 27.7. The minimum atomic E-state index is -4.25. The van der Waals surface area contributed by atoms with E-state index in [1.54, 1.807) is 107 Å². The number of hydrogen-bond donors (Lipinski definition) is 4. The molecule has 0 saturated heterocycles. The van der Waals surface area contributed by atoms with Gasteiger partial charge in [-0.3, -0.25) is 18.7 Å². The third-order valence-corrected chi connectivity index (χ3v) is 10.3. The Morgan fingerprint density at radius 2 is 1.36 bits per heavy atom. The molecule has 16 heteroatoms. The van der Waals surface area contributed by atoms with E-state index in [0.717, 1.165) is 0 Å². The first-order chi connectivity index (χ1) is 26.3. The Bertz CT molecular complexity index is 2500. The molecule has 0 bridgehead atoms. The number of fused-ring (bicyclic) bond motifs is 2. The van der Waals surface area contributed by atoms with Crippen LogP contribution in [0.25, 0.3) is 17.2 Å². The van der Waals surface area contributed by atoms with Gasteiger partial charge >= 0.3 is 5.89 Å². The summed E-state index contributed by atoms with van der Waals surface area (Å²) in [6.07, 6.45) is 4.03. The van der Waals surface area contributed by atoms with Crippen molar-refractivity contribution in [1.29, 1.82) is 0 Å². The summed E-state index contributed by atoms with van der Waals surface area (Å²) in [5.41, 5.74) is 4.04. The second-order valence-electron chi connectivity index (χ2n) is 12.7. The van der Waals surface area contributed by atoms with Crippen molar-refractivity contribution in [1.82, 2.24) is 0 Å². The van der Waals surface area contributed by atoms with E-state index in [4.69, 9.17) is 9.15 Å². The number of carbonyl (C=O) groups is 2. The molecule has 0 fully saturated rings. The van der Waals surface area contributed by atoms with Crippen LogP contribution in [0.1, 0.15) is 52.8 Å². The summed E-state index contributed by atoms with van der Waals surface area (Å²) >= 11 is 0. The van der Waals surface area contributed by atoms with Crippen LogP contribution in [0, 0.1) is 0 Å². The van der Waals surface area contributed by atoms with E-state index in [0.29, 0.717) is 68.8 Å². The molecule has 0 aliphatic carbocycles. The van der Waals surface area contributed by atoms with Crippen LogP contribution in [-0.4, -0.2) is 55.8 Å². The molecule has 0 unspecified atom stereocenters. The van der Waals surface area contributed by atoms with Crippen LogP contribution in [0.5, 0.6) is 5.75 Å². The smallest absolute Gasteiger partial charge is 0.374 e. The average molecular weight is 788 g/mol. The van der Waals surface area contributed by atoms with Crippen LogP contribution in [0.2, 0.25) is 0 Å². The minimum absolute atomic E-state index is 0.0438. The van der Waals surface area contributed by atoms with Crippen molar-refractivity contribution in [2.75, 3.05) is 33.6 Å². The third kappa shape index (κ3) is 10.2. The van der Waals surface area contributed by atoms with Crippen molar-refractivity contribution in [3.63, 3.8) is 0 Å². The monoisotopic (exact) mass is 787 g/mol. The van der Waals surface area contributed by atoms with Gasteiger partial charge in [-0.15, -0.1) is 0 Å². The van der Waals surface area contributed by atoms with Crippen LogP contribution in [0.4, 0.5) is 17.1 Å². The van der Waals surface area contributed by atoms with Gasteiger partial charge in [0, 0.05) is 47.6 Å². The number of rotatable bonds is 15. The Morgan fingerprint density at radius 1 is 0.782 bits per heavy atom. The van der Waals surface area contributed by atoms with E-state index in [1.807, 2.05) is 19.1 Å². The molecule has 4 N–H and O–H groups in total. The molecule has 5 aromatic rings. The topological polar surface area (TPSA) is 196 Å². The first kappa shape index (κ1) is 38.9. The van der Waals surface area contributed by atoms with Crippen molar-refractivity contribution >= 4 is 66.3 Å².